The summed E-state index contributed by atoms with van der Waals surface area (Å²) in [6, 6.07) is 8.77. The molecule has 11 heteroatoms. The summed E-state index contributed by atoms with van der Waals surface area (Å²) in [7, 11) is 1.43. The van der Waals surface area contributed by atoms with Gasteiger partial charge in [0.25, 0.3) is 0 Å². The van der Waals surface area contributed by atoms with Gasteiger partial charge >= 0.3 is 12.3 Å². The fourth-order valence-corrected chi connectivity index (χ4v) is 2.41. The summed E-state index contributed by atoms with van der Waals surface area (Å²) in [4.78, 5) is 27.0. The third kappa shape index (κ3) is 7.24. The molecule has 0 spiro atoms. The second-order valence-corrected chi connectivity index (χ2v) is 6.21. The number of aromatic nitrogens is 1. The van der Waals surface area contributed by atoms with E-state index >= 15 is 0 Å². The first-order valence-corrected chi connectivity index (χ1v) is 8.75. The lowest BCUT2D eigenvalue weighted by Gasteiger charge is -2.19. The molecule has 0 aliphatic carbocycles. The zero-order chi connectivity index (χ0) is 21.4. The van der Waals surface area contributed by atoms with E-state index in [1.807, 2.05) is 0 Å². The molecule has 0 radical (unpaired) electrons. The maximum Gasteiger partial charge on any atom is 0.433 e. The van der Waals surface area contributed by atoms with Crippen LogP contribution in [0.1, 0.15) is 17.7 Å². The quantitative estimate of drug-likeness (QED) is 0.584. The number of alkyl halides is 3. The summed E-state index contributed by atoms with van der Waals surface area (Å²) in [6.07, 6.45) is -5.88. The summed E-state index contributed by atoms with van der Waals surface area (Å²) in [5, 5.41) is 8.07. The van der Waals surface area contributed by atoms with Gasteiger partial charge in [0.1, 0.15) is 5.69 Å². The molecule has 1 aromatic heterocycles. The largest absolute Gasteiger partial charge is 0.433 e. The Bertz CT molecular complexity index is 847. The molecule has 1 unspecified atom stereocenters. The molecule has 29 heavy (non-hydrogen) atoms. The van der Waals surface area contributed by atoms with Crippen molar-refractivity contribution >= 4 is 29.3 Å². The maximum atomic E-state index is 12.5. The predicted molar refractivity (Wildman–Crippen MR) is 100 cm³/mol. The minimum Gasteiger partial charge on any atom is -0.430 e. The van der Waals surface area contributed by atoms with Gasteiger partial charge in [-0.3, -0.25) is 15.4 Å². The Morgan fingerprint density at radius 3 is 2.52 bits per heavy atom. The first kappa shape index (κ1) is 22.4. The van der Waals surface area contributed by atoms with Crippen LogP contribution >= 0.6 is 11.6 Å². The number of hydrogen-bond donors (Lipinski definition) is 3. The first-order chi connectivity index (χ1) is 13.7. The van der Waals surface area contributed by atoms with Crippen LogP contribution in [0.15, 0.2) is 42.6 Å². The minimum absolute atomic E-state index is 0.00722. The number of nitrogens with zero attached hydrogens (tertiary/aromatic N) is 1. The van der Waals surface area contributed by atoms with E-state index in [9.17, 15) is 22.8 Å². The highest BCUT2D eigenvalue weighted by molar-refractivity contribution is 6.31. The molecule has 2 rings (SSSR count). The van der Waals surface area contributed by atoms with Gasteiger partial charge in [0.15, 0.2) is 6.23 Å². The fourth-order valence-electron chi connectivity index (χ4n) is 2.20. The van der Waals surface area contributed by atoms with E-state index in [1.165, 1.54) is 7.05 Å². The van der Waals surface area contributed by atoms with Crippen molar-refractivity contribution in [2.24, 2.45) is 0 Å². The van der Waals surface area contributed by atoms with Crippen LogP contribution in [0.4, 0.5) is 23.7 Å². The van der Waals surface area contributed by atoms with E-state index in [4.69, 9.17) is 16.3 Å². The summed E-state index contributed by atoms with van der Waals surface area (Å²) >= 11 is 6.07. The summed E-state index contributed by atoms with van der Waals surface area (Å²) in [5.41, 5.74) is -0.352. The number of ether oxygens (including phenoxy) is 1. The standard InChI is InChI=1S/C18H18ClF3N4O3/c1-23-15(27)8-16(25-9-11-4-2-3-5-13(11)19)29-17(28)26-12-6-7-14(24-10-12)18(20,21)22/h2-7,10,16,25H,8-9H2,1H3,(H,23,27)(H,26,28). The molecule has 1 aromatic carbocycles. The van der Waals surface area contributed by atoms with Gasteiger partial charge < -0.3 is 10.1 Å². The van der Waals surface area contributed by atoms with Crippen molar-refractivity contribution in [2.75, 3.05) is 12.4 Å². The lowest BCUT2D eigenvalue weighted by molar-refractivity contribution is -0.141. The molecule has 2 aromatic rings. The van der Waals surface area contributed by atoms with E-state index in [-0.39, 0.29) is 24.6 Å². The van der Waals surface area contributed by atoms with Crippen LogP contribution < -0.4 is 16.0 Å². The molecule has 2 amide bonds. The summed E-state index contributed by atoms with van der Waals surface area (Å²) in [5.74, 6) is -0.384. The molecule has 0 aliphatic rings. The average Bonchev–Trinajstić information content (AvgIpc) is 2.66. The van der Waals surface area contributed by atoms with Crippen molar-refractivity contribution in [3.05, 3.63) is 58.9 Å². The number of halogens is 4. The van der Waals surface area contributed by atoms with Crippen molar-refractivity contribution in [1.82, 2.24) is 15.6 Å². The van der Waals surface area contributed by atoms with Gasteiger partial charge in [-0.2, -0.15) is 13.2 Å². The van der Waals surface area contributed by atoms with Crippen molar-refractivity contribution in [3.63, 3.8) is 0 Å². The Kier molecular flexibility index (Phi) is 7.80. The Balaban J connectivity index is 1.98. The van der Waals surface area contributed by atoms with Crippen molar-refractivity contribution < 1.29 is 27.5 Å². The highest BCUT2D eigenvalue weighted by Crippen LogP contribution is 2.27. The predicted octanol–water partition coefficient (Wildman–Crippen LogP) is 3.55. The van der Waals surface area contributed by atoms with Gasteiger partial charge in [-0.1, -0.05) is 29.8 Å². The number of benzene rings is 1. The molecular weight excluding hydrogens is 413 g/mol. The molecule has 0 aliphatic heterocycles. The molecule has 0 saturated heterocycles. The van der Waals surface area contributed by atoms with Crippen LogP contribution in [0.25, 0.3) is 0 Å². The summed E-state index contributed by atoms with van der Waals surface area (Å²) in [6.45, 7) is 0.219. The Morgan fingerprint density at radius 2 is 1.93 bits per heavy atom. The molecule has 1 heterocycles. The molecule has 7 nitrogen and oxygen atoms in total. The number of rotatable bonds is 7. The third-order valence-corrected chi connectivity index (χ3v) is 4.05. The minimum atomic E-state index is -4.58. The number of pyridine rings is 1. The lowest BCUT2D eigenvalue weighted by atomic mass is 10.2. The highest BCUT2D eigenvalue weighted by Gasteiger charge is 2.32. The van der Waals surface area contributed by atoms with Gasteiger partial charge in [-0.05, 0) is 23.8 Å². The van der Waals surface area contributed by atoms with Gasteiger partial charge in [0.05, 0.1) is 18.3 Å². The van der Waals surface area contributed by atoms with Crippen molar-refractivity contribution in [1.29, 1.82) is 0 Å². The van der Waals surface area contributed by atoms with E-state index in [1.54, 1.807) is 24.3 Å². The molecule has 0 fully saturated rings. The molecule has 0 bridgehead atoms. The van der Waals surface area contributed by atoms with E-state index in [0.29, 0.717) is 5.02 Å². The second-order valence-electron chi connectivity index (χ2n) is 5.80. The maximum absolute atomic E-state index is 12.5. The normalized spacial score (nSPS) is 12.2. The zero-order valence-corrected chi connectivity index (χ0v) is 16.0. The second kappa shape index (κ2) is 10.1. The van der Waals surface area contributed by atoms with Crippen LogP contribution in [0.5, 0.6) is 0 Å². The Hall–Kier alpha value is -2.85. The number of amides is 2. The van der Waals surface area contributed by atoms with Gasteiger partial charge in [0, 0.05) is 18.6 Å². The Labute approximate surface area is 169 Å². The number of nitrogens with one attached hydrogen (secondary N) is 3. The van der Waals surface area contributed by atoms with Crippen LogP contribution in [0, 0.1) is 0 Å². The Morgan fingerprint density at radius 1 is 1.21 bits per heavy atom. The summed E-state index contributed by atoms with van der Waals surface area (Å²) < 4.78 is 42.8. The van der Waals surface area contributed by atoms with Crippen LogP contribution in [0.3, 0.4) is 0 Å². The molecule has 0 saturated carbocycles. The zero-order valence-electron chi connectivity index (χ0n) is 15.2. The molecule has 1 atom stereocenters. The van der Waals surface area contributed by atoms with Crippen LogP contribution in [-0.4, -0.2) is 30.3 Å². The van der Waals surface area contributed by atoms with Crippen LogP contribution in [0.2, 0.25) is 5.02 Å². The monoisotopic (exact) mass is 430 g/mol. The highest BCUT2D eigenvalue weighted by atomic mass is 35.5. The number of hydrogen-bond acceptors (Lipinski definition) is 5. The topological polar surface area (TPSA) is 92.4 Å². The molecule has 3 N–H and O–H groups in total. The number of anilines is 1. The van der Waals surface area contributed by atoms with E-state index in [2.05, 4.69) is 20.9 Å². The molecular formula is C18H18ClF3N4O3. The van der Waals surface area contributed by atoms with Crippen molar-refractivity contribution in [2.45, 2.75) is 25.4 Å². The SMILES string of the molecule is CNC(=O)CC(NCc1ccccc1Cl)OC(=O)Nc1ccc(C(F)(F)F)nc1. The number of carbonyl (C=O) groups excluding carboxylic acids is 2. The average molecular weight is 431 g/mol. The van der Waals surface area contributed by atoms with E-state index < -0.39 is 24.2 Å². The third-order valence-electron chi connectivity index (χ3n) is 3.68. The number of carbonyl (C=O) groups is 2. The fraction of sp³-hybridized carbons (Fsp3) is 0.278. The van der Waals surface area contributed by atoms with E-state index in [0.717, 1.165) is 23.9 Å². The van der Waals surface area contributed by atoms with Crippen molar-refractivity contribution in [3.8, 4) is 0 Å². The van der Waals surface area contributed by atoms with Crippen LogP contribution in [-0.2, 0) is 22.3 Å². The lowest BCUT2D eigenvalue weighted by Crippen LogP contribution is -2.39. The first-order valence-electron chi connectivity index (χ1n) is 8.37. The van der Waals surface area contributed by atoms with Gasteiger partial charge in [-0.15, -0.1) is 0 Å². The molecule has 156 valence electrons. The smallest absolute Gasteiger partial charge is 0.430 e. The van der Waals surface area contributed by atoms with Gasteiger partial charge in [0.2, 0.25) is 5.91 Å². The van der Waals surface area contributed by atoms with Gasteiger partial charge in [-0.25, -0.2) is 9.78 Å².